The Morgan fingerprint density at radius 3 is 2.12 bits per heavy atom. The highest BCUT2D eigenvalue weighted by Gasteiger charge is 2.17. The topological polar surface area (TPSA) is 90.5 Å². The molecule has 7 nitrogen and oxygen atoms in total. The third-order valence-electron chi connectivity index (χ3n) is 5.47. The Morgan fingerprint density at radius 1 is 0.844 bits per heavy atom. The van der Waals surface area contributed by atoms with Gasteiger partial charge in [0, 0.05) is 42.1 Å². The monoisotopic (exact) mass is 436 g/mol. The van der Waals surface area contributed by atoms with Gasteiger partial charge >= 0.3 is 0 Å². The second-order valence-electron chi connectivity index (χ2n) is 8.02. The average Bonchev–Trinajstić information content (AvgIpc) is 2.84. The van der Waals surface area contributed by atoms with Gasteiger partial charge in [0.1, 0.15) is 0 Å². The van der Waals surface area contributed by atoms with E-state index < -0.39 is 0 Å². The van der Waals surface area contributed by atoms with Crippen LogP contribution >= 0.6 is 0 Å². The maximum Gasteiger partial charge on any atom is 0.253 e. The number of carbonyl (C=O) groups excluding carboxylic acids is 3. The van der Waals surface area contributed by atoms with Crippen LogP contribution in [0.4, 0.5) is 11.4 Å². The highest BCUT2D eigenvalue weighted by Crippen LogP contribution is 2.16. The molecule has 0 aromatic heterocycles. The first kappa shape index (κ1) is 23.3. The van der Waals surface area contributed by atoms with Gasteiger partial charge in [-0.3, -0.25) is 14.4 Å². The second-order valence-corrected chi connectivity index (χ2v) is 8.02. The number of carbonyl (C=O) groups is 3. The molecule has 0 radical (unpaired) electrons. The summed E-state index contributed by atoms with van der Waals surface area (Å²) in [5, 5.41) is 8.74. The van der Waals surface area contributed by atoms with Crippen molar-refractivity contribution in [3.63, 3.8) is 0 Å². The molecular formula is C25H32N4O3. The van der Waals surface area contributed by atoms with Gasteiger partial charge in [0.25, 0.3) is 11.8 Å². The van der Waals surface area contributed by atoms with Crippen molar-refractivity contribution in [3.05, 3.63) is 59.7 Å². The van der Waals surface area contributed by atoms with Crippen LogP contribution in [0.2, 0.25) is 0 Å². The summed E-state index contributed by atoms with van der Waals surface area (Å²) in [6.07, 6.45) is 5.29. The van der Waals surface area contributed by atoms with Gasteiger partial charge in [0.2, 0.25) is 5.91 Å². The molecule has 7 heteroatoms. The standard InChI is InChI=1S/C25H32N4O3/c1-2-3-15-26-24(31)19-7-13-22(14-8-19)28-23(30)18-27-21-11-9-20(10-12-21)25(32)29-16-5-4-6-17-29/h7-14,27H,2-6,15-18H2,1H3,(H,26,31)(H,28,30). The quantitative estimate of drug-likeness (QED) is 0.520. The van der Waals surface area contributed by atoms with Crippen molar-refractivity contribution in [3.8, 4) is 0 Å². The Morgan fingerprint density at radius 2 is 1.47 bits per heavy atom. The molecule has 2 aromatic rings. The number of unbranched alkanes of at least 4 members (excludes halogenated alkanes) is 1. The highest BCUT2D eigenvalue weighted by molar-refractivity contribution is 5.97. The van der Waals surface area contributed by atoms with Crippen LogP contribution in [-0.2, 0) is 4.79 Å². The van der Waals surface area contributed by atoms with Crippen LogP contribution in [0.25, 0.3) is 0 Å². The Balaban J connectivity index is 1.44. The van der Waals surface area contributed by atoms with Gasteiger partial charge in [-0.25, -0.2) is 0 Å². The molecule has 0 saturated carbocycles. The van der Waals surface area contributed by atoms with Crippen molar-refractivity contribution in [1.82, 2.24) is 10.2 Å². The lowest BCUT2D eigenvalue weighted by atomic mass is 10.1. The molecule has 1 heterocycles. The molecule has 0 aliphatic carbocycles. The fourth-order valence-electron chi connectivity index (χ4n) is 3.58. The van der Waals surface area contributed by atoms with Crippen molar-refractivity contribution in [1.29, 1.82) is 0 Å². The molecule has 0 bridgehead atoms. The highest BCUT2D eigenvalue weighted by atomic mass is 16.2. The molecular weight excluding hydrogens is 404 g/mol. The average molecular weight is 437 g/mol. The Kier molecular flexibility index (Phi) is 8.66. The molecule has 1 saturated heterocycles. The molecule has 2 aromatic carbocycles. The third kappa shape index (κ3) is 6.83. The fourth-order valence-corrected chi connectivity index (χ4v) is 3.58. The summed E-state index contributed by atoms with van der Waals surface area (Å²) >= 11 is 0. The zero-order valence-corrected chi connectivity index (χ0v) is 18.7. The summed E-state index contributed by atoms with van der Waals surface area (Å²) in [5.74, 6) is -0.240. The van der Waals surface area contributed by atoms with Crippen LogP contribution < -0.4 is 16.0 Å². The van der Waals surface area contributed by atoms with E-state index in [1.165, 1.54) is 6.42 Å². The summed E-state index contributed by atoms with van der Waals surface area (Å²) in [6, 6.07) is 14.0. The van der Waals surface area contributed by atoms with E-state index in [1.807, 2.05) is 17.0 Å². The minimum Gasteiger partial charge on any atom is -0.376 e. The molecule has 3 amide bonds. The number of hydrogen-bond acceptors (Lipinski definition) is 4. The van der Waals surface area contributed by atoms with Crippen LogP contribution in [-0.4, -0.2) is 48.8 Å². The van der Waals surface area contributed by atoms with E-state index in [9.17, 15) is 14.4 Å². The van der Waals surface area contributed by atoms with Gasteiger partial charge in [0.15, 0.2) is 0 Å². The lowest BCUT2D eigenvalue weighted by Gasteiger charge is -2.26. The van der Waals surface area contributed by atoms with Crippen molar-refractivity contribution < 1.29 is 14.4 Å². The van der Waals surface area contributed by atoms with E-state index in [4.69, 9.17) is 0 Å². The van der Waals surface area contributed by atoms with Crippen LogP contribution in [0, 0.1) is 0 Å². The normalized spacial score (nSPS) is 13.3. The van der Waals surface area contributed by atoms with E-state index in [2.05, 4.69) is 22.9 Å². The van der Waals surface area contributed by atoms with Gasteiger partial charge in [-0.05, 0) is 74.2 Å². The van der Waals surface area contributed by atoms with Crippen LogP contribution in [0.15, 0.2) is 48.5 Å². The first-order valence-electron chi connectivity index (χ1n) is 11.4. The Bertz CT molecular complexity index is 904. The summed E-state index contributed by atoms with van der Waals surface area (Å²) in [7, 11) is 0. The van der Waals surface area contributed by atoms with E-state index in [-0.39, 0.29) is 24.3 Å². The lowest BCUT2D eigenvalue weighted by Crippen LogP contribution is -2.35. The van der Waals surface area contributed by atoms with E-state index >= 15 is 0 Å². The zero-order valence-electron chi connectivity index (χ0n) is 18.7. The van der Waals surface area contributed by atoms with E-state index in [1.54, 1.807) is 36.4 Å². The number of nitrogens with one attached hydrogen (secondary N) is 3. The summed E-state index contributed by atoms with van der Waals surface area (Å²) in [4.78, 5) is 38.7. The Hall–Kier alpha value is -3.35. The molecule has 3 rings (SSSR count). The van der Waals surface area contributed by atoms with Gasteiger partial charge < -0.3 is 20.9 Å². The minimum atomic E-state index is -0.196. The molecule has 0 atom stereocenters. The van der Waals surface area contributed by atoms with E-state index in [0.717, 1.165) is 44.5 Å². The van der Waals surface area contributed by atoms with Crippen molar-refractivity contribution in [2.45, 2.75) is 39.0 Å². The molecule has 170 valence electrons. The summed E-state index contributed by atoms with van der Waals surface area (Å²) in [6.45, 7) is 4.48. The number of likely N-dealkylation sites (tertiary alicyclic amines) is 1. The minimum absolute atomic E-state index is 0.0662. The number of amides is 3. The third-order valence-corrected chi connectivity index (χ3v) is 5.47. The summed E-state index contributed by atoms with van der Waals surface area (Å²) in [5.41, 5.74) is 2.64. The van der Waals surface area contributed by atoms with Gasteiger partial charge in [-0.15, -0.1) is 0 Å². The number of rotatable bonds is 9. The maximum atomic E-state index is 12.5. The smallest absolute Gasteiger partial charge is 0.253 e. The van der Waals surface area contributed by atoms with Crippen molar-refractivity contribution in [2.24, 2.45) is 0 Å². The number of benzene rings is 2. The van der Waals surface area contributed by atoms with Crippen molar-refractivity contribution in [2.75, 3.05) is 36.8 Å². The number of piperidine rings is 1. The molecule has 0 unspecified atom stereocenters. The predicted molar refractivity (Wildman–Crippen MR) is 127 cm³/mol. The fraction of sp³-hybridized carbons (Fsp3) is 0.400. The van der Waals surface area contributed by atoms with Crippen molar-refractivity contribution >= 4 is 29.1 Å². The Labute approximate surface area is 189 Å². The predicted octanol–water partition coefficient (Wildman–Crippen LogP) is 3.89. The number of nitrogens with zero attached hydrogens (tertiary/aromatic N) is 1. The number of hydrogen-bond donors (Lipinski definition) is 3. The SMILES string of the molecule is CCCCNC(=O)c1ccc(NC(=O)CNc2ccc(C(=O)N3CCCCC3)cc2)cc1. The molecule has 1 aliphatic rings. The largest absolute Gasteiger partial charge is 0.376 e. The molecule has 32 heavy (non-hydrogen) atoms. The maximum absolute atomic E-state index is 12.5. The second kappa shape index (κ2) is 11.9. The van der Waals surface area contributed by atoms with Gasteiger partial charge in [-0.1, -0.05) is 13.3 Å². The zero-order chi connectivity index (χ0) is 22.8. The molecule has 1 aliphatic heterocycles. The lowest BCUT2D eigenvalue weighted by molar-refractivity contribution is -0.114. The van der Waals surface area contributed by atoms with Gasteiger partial charge in [-0.2, -0.15) is 0 Å². The van der Waals surface area contributed by atoms with Crippen LogP contribution in [0.3, 0.4) is 0 Å². The molecule has 0 spiro atoms. The molecule has 1 fully saturated rings. The van der Waals surface area contributed by atoms with E-state index in [0.29, 0.717) is 23.4 Å². The van der Waals surface area contributed by atoms with Crippen LogP contribution in [0.1, 0.15) is 59.7 Å². The first-order chi connectivity index (χ1) is 15.6. The van der Waals surface area contributed by atoms with Crippen LogP contribution in [0.5, 0.6) is 0 Å². The van der Waals surface area contributed by atoms with Gasteiger partial charge in [0.05, 0.1) is 6.54 Å². The first-order valence-corrected chi connectivity index (χ1v) is 11.4. The molecule has 3 N–H and O–H groups in total. The number of anilines is 2. The summed E-state index contributed by atoms with van der Waals surface area (Å²) < 4.78 is 0.